The number of hydrogen-bond acceptors (Lipinski definition) is 7. The Kier molecular flexibility index (Phi) is 9.24. The normalized spacial score (nSPS) is 15.4. The molecule has 1 aliphatic rings. The molecule has 0 aromatic heterocycles. The van der Waals surface area contributed by atoms with Gasteiger partial charge in [-0.2, -0.15) is 0 Å². The first-order valence-electron chi connectivity index (χ1n) is 11.6. The molecular formula is C27H23Br2N3O5S. The molecule has 4 rings (SSSR count). The van der Waals surface area contributed by atoms with Crippen molar-refractivity contribution in [2.24, 2.45) is 4.99 Å². The number of non-ortho nitro benzene ring substituents is 1. The molecule has 1 saturated heterocycles. The maximum absolute atomic E-state index is 13.2. The highest BCUT2D eigenvalue weighted by Crippen LogP contribution is 2.39. The fraction of sp³-hybridized carbons (Fsp3) is 0.185. The molecule has 11 heteroatoms. The second-order valence-corrected chi connectivity index (χ2v) is 10.9. The van der Waals surface area contributed by atoms with E-state index in [0.717, 1.165) is 23.4 Å². The van der Waals surface area contributed by atoms with Gasteiger partial charge >= 0.3 is 0 Å². The topological polar surface area (TPSA) is 94.3 Å². The molecule has 196 valence electrons. The Hall–Kier alpha value is -3.15. The largest absolute Gasteiger partial charge is 0.497 e. The quantitative estimate of drug-likeness (QED) is 0.133. The van der Waals surface area contributed by atoms with Crippen molar-refractivity contribution in [1.82, 2.24) is 4.90 Å². The Morgan fingerprint density at radius 3 is 2.45 bits per heavy atom. The number of nitro groups is 1. The number of ether oxygens (including phenoxy) is 2. The van der Waals surface area contributed by atoms with Crippen molar-refractivity contribution in [2.45, 2.75) is 20.0 Å². The summed E-state index contributed by atoms with van der Waals surface area (Å²) >= 11 is 8.43. The van der Waals surface area contributed by atoms with E-state index in [1.807, 2.05) is 49.4 Å². The van der Waals surface area contributed by atoms with E-state index in [9.17, 15) is 14.9 Å². The number of amidine groups is 1. The van der Waals surface area contributed by atoms with Crippen LogP contribution in [0.15, 0.2) is 79.5 Å². The fourth-order valence-electron chi connectivity index (χ4n) is 3.65. The minimum Gasteiger partial charge on any atom is -0.497 e. The minimum absolute atomic E-state index is 0.0111. The van der Waals surface area contributed by atoms with Gasteiger partial charge in [-0.15, -0.1) is 0 Å². The van der Waals surface area contributed by atoms with Crippen molar-refractivity contribution in [3.63, 3.8) is 0 Å². The van der Waals surface area contributed by atoms with Crippen molar-refractivity contribution < 1.29 is 19.2 Å². The summed E-state index contributed by atoms with van der Waals surface area (Å²) in [5.74, 6) is 1.20. The summed E-state index contributed by atoms with van der Waals surface area (Å²) in [6, 6.07) is 17.4. The van der Waals surface area contributed by atoms with E-state index >= 15 is 0 Å². The van der Waals surface area contributed by atoms with Gasteiger partial charge in [-0.3, -0.25) is 19.8 Å². The van der Waals surface area contributed by atoms with Crippen molar-refractivity contribution in [1.29, 1.82) is 0 Å². The van der Waals surface area contributed by atoms with Crippen LogP contribution in [0.25, 0.3) is 6.08 Å². The van der Waals surface area contributed by atoms with Gasteiger partial charge in [-0.25, -0.2) is 4.99 Å². The molecule has 0 saturated carbocycles. The van der Waals surface area contributed by atoms with Crippen LogP contribution in [0.3, 0.4) is 0 Å². The van der Waals surface area contributed by atoms with Gasteiger partial charge in [0.15, 0.2) is 5.17 Å². The number of halogens is 2. The maximum atomic E-state index is 13.2. The van der Waals surface area contributed by atoms with Crippen LogP contribution >= 0.6 is 43.6 Å². The molecule has 38 heavy (non-hydrogen) atoms. The third-order valence-corrected chi connectivity index (χ3v) is 7.64. The summed E-state index contributed by atoms with van der Waals surface area (Å²) in [6.07, 6.45) is 2.63. The van der Waals surface area contributed by atoms with Crippen LogP contribution in [0.1, 0.15) is 24.5 Å². The first kappa shape index (κ1) is 27.9. The monoisotopic (exact) mass is 659 g/mol. The van der Waals surface area contributed by atoms with E-state index in [2.05, 4.69) is 31.9 Å². The number of nitrogens with zero attached hydrogens (tertiary/aromatic N) is 3. The Balaban J connectivity index is 1.55. The van der Waals surface area contributed by atoms with Gasteiger partial charge in [0.1, 0.15) is 18.1 Å². The van der Waals surface area contributed by atoms with Crippen molar-refractivity contribution in [3.8, 4) is 11.5 Å². The van der Waals surface area contributed by atoms with Crippen molar-refractivity contribution in [2.75, 3.05) is 13.7 Å². The number of carbonyl (C=O) groups is 1. The highest BCUT2D eigenvalue weighted by Gasteiger charge is 2.32. The number of amides is 1. The zero-order valence-electron chi connectivity index (χ0n) is 20.5. The van der Waals surface area contributed by atoms with Gasteiger partial charge in [-0.1, -0.05) is 19.1 Å². The van der Waals surface area contributed by atoms with Crippen LogP contribution in [0, 0.1) is 10.1 Å². The molecule has 3 aromatic carbocycles. The molecule has 1 amide bonds. The number of benzene rings is 3. The highest BCUT2D eigenvalue weighted by molar-refractivity contribution is 9.11. The molecule has 1 heterocycles. The molecule has 0 atom stereocenters. The molecule has 0 bridgehead atoms. The Bertz CT molecular complexity index is 1400. The molecule has 0 radical (unpaired) electrons. The van der Waals surface area contributed by atoms with Gasteiger partial charge in [0.05, 0.1) is 31.6 Å². The summed E-state index contributed by atoms with van der Waals surface area (Å²) in [5, 5.41) is 11.7. The third-order valence-electron chi connectivity index (χ3n) is 5.46. The first-order valence-corrected chi connectivity index (χ1v) is 14.0. The molecule has 8 nitrogen and oxygen atoms in total. The number of nitro benzene ring substituents is 1. The fourth-order valence-corrected chi connectivity index (χ4v) is 6.12. The van der Waals surface area contributed by atoms with Gasteiger partial charge in [-0.05, 0) is 104 Å². The number of carbonyl (C=O) groups excluding carboxylic acids is 1. The lowest BCUT2D eigenvalue weighted by molar-refractivity contribution is -0.384. The lowest BCUT2D eigenvalue weighted by Gasteiger charge is -2.14. The number of thioether (sulfide) groups is 1. The molecule has 0 spiro atoms. The smallest absolute Gasteiger partial charge is 0.269 e. The van der Waals surface area contributed by atoms with Crippen LogP contribution in [-0.4, -0.2) is 34.6 Å². The van der Waals surface area contributed by atoms with Gasteiger partial charge in [0.25, 0.3) is 11.6 Å². The van der Waals surface area contributed by atoms with Gasteiger partial charge in [0, 0.05) is 18.7 Å². The van der Waals surface area contributed by atoms with Gasteiger partial charge < -0.3 is 9.47 Å². The second-order valence-electron chi connectivity index (χ2n) is 8.19. The molecule has 0 N–H and O–H groups in total. The van der Waals surface area contributed by atoms with E-state index in [4.69, 9.17) is 14.5 Å². The number of methoxy groups -OCH3 is 1. The van der Waals surface area contributed by atoms with Crippen molar-refractivity contribution >= 4 is 72.1 Å². The Labute approximate surface area is 241 Å². The van der Waals surface area contributed by atoms with E-state index in [-0.39, 0.29) is 18.2 Å². The zero-order valence-corrected chi connectivity index (χ0v) is 24.5. The summed E-state index contributed by atoms with van der Waals surface area (Å²) in [4.78, 5) is 30.8. The van der Waals surface area contributed by atoms with Crippen LogP contribution in [0.5, 0.6) is 11.5 Å². The molecule has 3 aromatic rings. The lowest BCUT2D eigenvalue weighted by atomic mass is 10.2. The lowest BCUT2D eigenvalue weighted by Crippen LogP contribution is -2.29. The van der Waals surface area contributed by atoms with Crippen LogP contribution in [0.4, 0.5) is 11.4 Å². The van der Waals surface area contributed by atoms with Gasteiger partial charge in [0.2, 0.25) is 0 Å². The average molecular weight is 661 g/mol. The zero-order chi connectivity index (χ0) is 27.2. The summed E-state index contributed by atoms with van der Waals surface area (Å²) in [5.41, 5.74) is 2.22. The van der Waals surface area contributed by atoms with E-state index < -0.39 is 4.92 Å². The second kappa shape index (κ2) is 12.6. The average Bonchev–Trinajstić information content (AvgIpc) is 3.18. The predicted molar refractivity (Wildman–Crippen MR) is 157 cm³/mol. The Morgan fingerprint density at radius 2 is 1.82 bits per heavy atom. The number of hydrogen-bond donors (Lipinski definition) is 0. The molecule has 0 aliphatic carbocycles. The Morgan fingerprint density at radius 1 is 1.11 bits per heavy atom. The van der Waals surface area contributed by atoms with Crippen LogP contribution in [0.2, 0.25) is 0 Å². The predicted octanol–water partition coefficient (Wildman–Crippen LogP) is 7.72. The summed E-state index contributed by atoms with van der Waals surface area (Å²) in [7, 11) is 1.61. The van der Waals surface area contributed by atoms with Crippen LogP contribution in [-0.2, 0) is 11.4 Å². The van der Waals surface area contributed by atoms with Crippen molar-refractivity contribution in [3.05, 3.63) is 95.8 Å². The maximum Gasteiger partial charge on any atom is 0.269 e. The SMILES string of the molecule is CCCN1C(=O)/C(=C/c2cc(Br)c(OCc3cccc([N+](=O)[O-])c3)c(Br)c2)SC1=Nc1ccc(OC)cc1. The van der Waals surface area contributed by atoms with Crippen LogP contribution < -0.4 is 9.47 Å². The minimum atomic E-state index is -0.436. The standard InChI is InChI=1S/C27H23Br2N3O5S/c1-3-11-31-26(33)24(38-27(31)30-19-7-9-21(36-2)10-8-19)15-18-13-22(28)25(23(29)14-18)37-16-17-5-4-6-20(12-17)32(34)35/h4-10,12-15H,3,11,16H2,1-2H3/b24-15-,30-27?. The summed E-state index contributed by atoms with van der Waals surface area (Å²) in [6.45, 7) is 2.74. The third kappa shape index (κ3) is 6.64. The molecule has 1 fully saturated rings. The van der Waals surface area contributed by atoms with E-state index in [1.54, 1.807) is 24.1 Å². The molecular weight excluding hydrogens is 638 g/mol. The first-order chi connectivity index (χ1) is 18.3. The number of aliphatic imine (C=N–C) groups is 1. The summed E-state index contributed by atoms with van der Waals surface area (Å²) < 4.78 is 12.5. The molecule has 1 aliphatic heterocycles. The van der Waals surface area contributed by atoms with E-state index in [0.29, 0.717) is 36.9 Å². The van der Waals surface area contributed by atoms with E-state index in [1.165, 1.54) is 23.9 Å². The number of rotatable bonds is 9. The molecule has 0 unspecified atom stereocenters. The highest BCUT2D eigenvalue weighted by atomic mass is 79.9.